The van der Waals surface area contributed by atoms with Crippen LogP contribution in [0.15, 0.2) is 35.9 Å². The van der Waals surface area contributed by atoms with Crippen LogP contribution in [0.3, 0.4) is 0 Å². The molecule has 0 aliphatic heterocycles. The molecule has 39 heavy (non-hydrogen) atoms. The molecule has 214 valence electrons. The van der Waals surface area contributed by atoms with Gasteiger partial charge in [-0.2, -0.15) is 0 Å². The average molecular weight is 539 g/mol. The number of rotatable bonds is 8. The number of likely N-dealkylation sites (N-methyl/N-ethyl adjacent to an activating group) is 1. The molecule has 2 aliphatic carbocycles. The van der Waals surface area contributed by atoms with E-state index in [4.69, 9.17) is 0 Å². The van der Waals surface area contributed by atoms with E-state index in [9.17, 15) is 19.2 Å². The Labute approximate surface area is 233 Å². The molecule has 4 N–H and O–H groups in total. The van der Waals surface area contributed by atoms with E-state index in [0.29, 0.717) is 24.6 Å². The molecule has 1 aromatic carbocycles. The molecule has 3 rings (SSSR count). The summed E-state index contributed by atoms with van der Waals surface area (Å²) in [5.41, 5.74) is 2.49. The number of hydrogen-bond acceptors (Lipinski definition) is 5. The van der Waals surface area contributed by atoms with Crippen LogP contribution in [-0.4, -0.2) is 42.6 Å². The topological polar surface area (TPSA) is 116 Å². The number of nitrogens with one attached hydrogen (secondary N) is 4. The van der Waals surface area contributed by atoms with Crippen molar-refractivity contribution in [1.82, 2.24) is 16.0 Å². The van der Waals surface area contributed by atoms with Crippen LogP contribution in [-0.2, 0) is 25.7 Å². The van der Waals surface area contributed by atoms with Gasteiger partial charge >= 0.3 is 0 Å². The van der Waals surface area contributed by atoms with E-state index in [0.717, 1.165) is 49.7 Å². The number of anilines is 1. The zero-order chi connectivity index (χ0) is 28.5. The number of carbonyl (C=O) groups excluding carboxylic acids is 4. The monoisotopic (exact) mass is 538 g/mol. The number of ketones is 1. The number of Topliss-reactive ketones (excluding diaryl/α,β-unsaturated/α-hetero) is 1. The molecule has 0 radical (unpaired) electrons. The second-order valence-electron chi connectivity index (χ2n) is 11.6. The van der Waals surface area contributed by atoms with Gasteiger partial charge in [-0.15, -0.1) is 0 Å². The van der Waals surface area contributed by atoms with E-state index in [1.807, 2.05) is 45.0 Å². The largest absolute Gasteiger partial charge is 0.352 e. The van der Waals surface area contributed by atoms with Gasteiger partial charge in [-0.1, -0.05) is 43.9 Å². The molecule has 2 saturated carbocycles. The van der Waals surface area contributed by atoms with Crippen molar-refractivity contribution in [3.8, 4) is 0 Å². The lowest BCUT2D eigenvalue weighted by Crippen LogP contribution is -2.51. The molecular formula is C31H46N4O4. The van der Waals surface area contributed by atoms with Crippen molar-refractivity contribution in [2.45, 2.75) is 91.3 Å². The molecule has 0 saturated heterocycles. The van der Waals surface area contributed by atoms with Gasteiger partial charge in [0.2, 0.25) is 17.7 Å². The number of carbonyl (C=O) groups is 4. The van der Waals surface area contributed by atoms with Crippen LogP contribution < -0.4 is 21.3 Å². The van der Waals surface area contributed by atoms with Crippen molar-refractivity contribution < 1.29 is 19.2 Å². The Morgan fingerprint density at radius 1 is 1.08 bits per heavy atom. The molecule has 3 amide bonds. The first-order chi connectivity index (χ1) is 18.6. The summed E-state index contributed by atoms with van der Waals surface area (Å²) < 4.78 is 0. The summed E-state index contributed by atoms with van der Waals surface area (Å²) in [5, 5.41) is 11.9. The van der Waals surface area contributed by atoms with Crippen molar-refractivity contribution >= 4 is 29.2 Å². The van der Waals surface area contributed by atoms with Crippen LogP contribution in [0.4, 0.5) is 5.69 Å². The summed E-state index contributed by atoms with van der Waals surface area (Å²) in [6, 6.07) is 6.57. The minimum atomic E-state index is -0.519. The fourth-order valence-electron chi connectivity index (χ4n) is 5.98. The SMILES string of the molecule is CNC(C)C(=O)NC1CCCCC2CCC(C(=O)NCc3cccc(NC(=O)C=C(C)C)c3)C(C2)C(C)C1=O. The number of hydrogen-bond donors (Lipinski definition) is 4. The van der Waals surface area contributed by atoms with Crippen LogP contribution in [0.25, 0.3) is 0 Å². The Morgan fingerprint density at radius 3 is 2.54 bits per heavy atom. The van der Waals surface area contributed by atoms with Crippen molar-refractivity contribution in [2.24, 2.45) is 23.7 Å². The molecule has 0 aromatic heterocycles. The first-order valence-corrected chi connectivity index (χ1v) is 14.4. The fraction of sp³-hybridized carbons (Fsp3) is 0.613. The summed E-state index contributed by atoms with van der Waals surface area (Å²) in [4.78, 5) is 51.8. The van der Waals surface area contributed by atoms with Gasteiger partial charge in [0.1, 0.15) is 0 Å². The third-order valence-electron chi connectivity index (χ3n) is 8.36. The second-order valence-corrected chi connectivity index (χ2v) is 11.6. The van der Waals surface area contributed by atoms with Crippen LogP contribution in [0, 0.1) is 23.7 Å². The molecule has 2 aliphatic rings. The van der Waals surface area contributed by atoms with Gasteiger partial charge in [-0.3, -0.25) is 19.2 Å². The lowest BCUT2D eigenvalue weighted by Gasteiger charge is -2.40. The molecule has 2 bridgehead atoms. The zero-order valence-electron chi connectivity index (χ0n) is 24.1. The van der Waals surface area contributed by atoms with Crippen LogP contribution >= 0.6 is 0 Å². The Bertz CT molecular complexity index is 1060. The molecule has 0 heterocycles. The third kappa shape index (κ3) is 8.75. The summed E-state index contributed by atoms with van der Waals surface area (Å²) in [6.07, 6.45) is 7.87. The predicted octanol–water partition coefficient (Wildman–Crippen LogP) is 4.11. The van der Waals surface area contributed by atoms with Gasteiger partial charge in [0.15, 0.2) is 5.78 Å². The molecule has 1 aromatic rings. The van der Waals surface area contributed by atoms with E-state index in [-0.39, 0.29) is 47.3 Å². The molecule has 6 unspecified atom stereocenters. The lowest BCUT2D eigenvalue weighted by atomic mass is 9.65. The van der Waals surface area contributed by atoms with E-state index in [1.54, 1.807) is 20.0 Å². The molecule has 8 heteroatoms. The Morgan fingerprint density at radius 2 is 1.82 bits per heavy atom. The first kappa shape index (κ1) is 30.5. The smallest absolute Gasteiger partial charge is 0.248 e. The van der Waals surface area contributed by atoms with Gasteiger partial charge in [0.25, 0.3) is 0 Å². The number of allylic oxidation sites excluding steroid dienone is 1. The predicted molar refractivity (Wildman–Crippen MR) is 154 cm³/mol. The number of fused-ring (bicyclic) bond motifs is 2. The van der Waals surface area contributed by atoms with Gasteiger partial charge < -0.3 is 21.3 Å². The van der Waals surface area contributed by atoms with Gasteiger partial charge in [0, 0.05) is 30.1 Å². The Kier molecular flexibility index (Phi) is 11.3. The highest BCUT2D eigenvalue weighted by atomic mass is 16.2. The van der Waals surface area contributed by atoms with Crippen LogP contribution in [0.5, 0.6) is 0 Å². The summed E-state index contributed by atoms with van der Waals surface area (Å²) in [7, 11) is 1.73. The van der Waals surface area contributed by atoms with Crippen molar-refractivity contribution in [3.05, 3.63) is 41.5 Å². The maximum atomic E-state index is 13.6. The van der Waals surface area contributed by atoms with E-state index >= 15 is 0 Å². The van der Waals surface area contributed by atoms with Gasteiger partial charge in [0.05, 0.1) is 12.1 Å². The fourth-order valence-corrected chi connectivity index (χ4v) is 5.98. The summed E-state index contributed by atoms with van der Waals surface area (Å²) in [5.74, 6) is -0.419. The van der Waals surface area contributed by atoms with Crippen molar-refractivity contribution in [2.75, 3.05) is 12.4 Å². The van der Waals surface area contributed by atoms with E-state index in [1.165, 1.54) is 0 Å². The zero-order valence-corrected chi connectivity index (χ0v) is 24.1. The van der Waals surface area contributed by atoms with Gasteiger partial charge in [-0.05, 0) is 83.0 Å². The first-order valence-electron chi connectivity index (χ1n) is 14.4. The molecular weight excluding hydrogens is 492 g/mol. The van der Waals surface area contributed by atoms with Crippen LogP contribution in [0.1, 0.15) is 78.2 Å². The second kappa shape index (κ2) is 14.4. The van der Waals surface area contributed by atoms with Crippen molar-refractivity contribution in [3.63, 3.8) is 0 Å². The standard InChI is InChI=1S/C31H46N4O4/c1-19(2)15-28(36)34-24-11-8-10-23(16-24)18-33-31(39)25-14-13-22-9-6-7-12-27(35-30(38)21(4)32-5)29(37)20(3)26(25)17-22/h8,10-11,15-16,20-22,25-27,32H,6-7,9,12-14,17-18H2,1-5H3,(H,33,39)(H,34,36)(H,35,38). The van der Waals surface area contributed by atoms with Gasteiger partial charge in [-0.25, -0.2) is 0 Å². The lowest BCUT2D eigenvalue weighted by molar-refractivity contribution is -0.136. The quantitative estimate of drug-likeness (QED) is 0.372. The Hall–Kier alpha value is -3.00. The van der Waals surface area contributed by atoms with Crippen LogP contribution in [0.2, 0.25) is 0 Å². The maximum Gasteiger partial charge on any atom is 0.248 e. The summed E-state index contributed by atoms with van der Waals surface area (Å²) >= 11 is 0. The highest BCUT2D eigenvalue weighted by Crippen LogP contribution is 2.42. The average Bonchev–Trinajstić information content (AvgIpc) is 2.91. The minimum Gasteiger partial charge on any atom is -0.352 e. The highest BCUT2D eigenvalue weighted by molar-refractivity contribution is 5.99. The molecule has 2 fully saturated rings. The molecule has 6 atom stereocenters. The molecule has 0 spiro atoms. The van der Waals surface area contributed by atoms with Crippen molar-refractivity contribution in [1.29, 1.82) is 0 Å². The number of amides is 3. The minimum absolute atomic E-state index is 0.0291. The summed E-state index contributed by atoms with van der Waals surface area (Å²) in [6.45, 7) is 7.81. The molecule has 8 nitrogen and oxygen atoms in total. The maximum absolute atomic E-state index is 13.6. The van der Waals surface area contributed by atoms with E-state index in [2.05, 4.69) is 21.3 Å². The number of benzene rings is 1. The highest BCUT2D eigenvalue weighted by Gasteiger charge is 2.42. The third-order valence-corrected chi connectivity index (χ3v) is 8.36. The van der Waals surface area contributed by atoms with E-state index < -0.39 is 6.04 Å². The Balaban J connectivity index is 1.68. The normalized spacial score (nSPS) is 26.1.